The van der Waals surface area contributed by atoms with Crippen molar-refractivity contribution >= 4 is 40.7 Å². The molecule has 0 unspecified atom stereocenters. The predicted molar refractivity (Wildman–Crippen MR) is 99.3 cm³/mol. The van der Waals surface area contributed by atoms with Crippen molar-refractivity contribution in [2.24, 2.45) is 0 Å². The van der Waals surface area contributed by atoms with Gasteiger partial charge in [-0.2, -0.15) is 0 Å². The minimum Gasteiger partial charge on any atom is -0.360 e. The Bertz CT molecular complexity index is 900. The molecule has 0 saturated heterocycles. The zero-order valence-electron chi connectivity index (χ0n) is 13.1. The van der Waals surface area contributed by atoms with Gasteiger partial charge in [0.05, 0.1) is 10.0 Å². The number of aryl methyl sites for hydroxylation is 1. The van der Waals surface area contributed by atoms with Gasteiger partial charge in [-0.05, 0) is 36.8 Å². The van der Waals surface area contributed by atoms with Crippen LogP contribution < -0.4 is 5.32 Å². The fraction of sp³-hybridized carbons (Fsp3) is 0.111. The number of hydrogen-bond acceptors (Lipinski definition) is 3. The van der Waals surface area contributed by atoms with E-state index in [0.29, 0.717) is 44.2 Å². The van der Waals surface area contributed by atoms with E-state index in [1.807, 2.05) is 12.1 Å². The van der Waals surface area contributed by atoms with E-state index >= 15 is 0 Å². The van der Waals surface area contributed by atoms with Crippen LogP contribution in [0, 0.1) is 6.92 Å². The minimum absolute atomic E-state index is 0.309. The van der Waals surface area contributed by atoms with Crippen LogP contribution in [0.2, 0.25) is 15.1 Å². The lowest BCUT2D eigenvalue weighted by Crippen LogP contribution is -2.23. The second-order valence-corrected chi connectivity index (χ2v) is 6.62. The van der Waals surface area contributed by atoms with Gasteiger partial charge in [0.15, 0.2) is 0 Å². The summed E-state index contributed by atoms with van der Waals surface area (Å²) in [6, 6.07) is 12.3. The number of nitrogens with one attached hydrogen (secondary N) is 1. The van der Waals surface area contributed by atoms with Crippen LogP contribution >= 0.6 is 34.8 Å². The Kier molecular flexibility index (Phi) is 5.33. The van der Waals surface area contributed by atoms with Crippen LogP contribution in [-0.4, -0.2) is 11.1 Å². The molecule has 0 fully saturated rings. The first kappa shape index (κ1) is 17.8. The zero-order valence-corrected chi connectivity index (χ0v) is 15.4. The first-order valence-electron chi connectivity index (χ1n) is 7.40. The maximum atomic E-state index is 12.7. The summed E-state index contributed by atoms with van der Waals surface area (Å²) in [6.07, 6.45) is 0. The van der Waals surface area contributed by atoms with Crippen molar-refractivity contribution in [2.75, 3.05) is 0 Å². The van der Waals surface area contributed by atoms with Crippen molar-refractivity contribution in [3.8, 4) is 11.3 Å². The number of nitrogens with zero attached hydrogens (tertiary/aromatic N) is 1. The second-order valence-electron chi connectivity index (χ2n) is 5.37. The number of benzene rings is 2. The fourth-order valence-electron chi connectivity index (χ4n) is 2.41. The van der Waals surface area contributed by atoms with Crippen molar-refractivity contribution in [1.29, 1.82) is 0 Å². The van der Waals surface area contributed by atoms with E-state index in [1.165, 1.54) is 0 Å². The van der Waals surface area contributed by atoms with Crippen molar-refractivity contribution in [2.45, 2.75) is 13.5 Å². The lowest BCUT2D eigenvalue weighted by Gasteiger charge is -2.08. The molecule has 1 N–H and O–H groups in total. The van der Waals surface area contributed by atoms with E-state index in [9.17, 15) is 4.79 Å². The standard InChI is InChI=1S/C18H13Cl3N2O2/c1-10-15(18(24)22-9-11-5-7-12(19)8-6-11)17(23-25-10)16-13(20)3-2-4-14(16)21/h2-8H,9H2,1H3,(H,22,24). The second kappa shape index (κ2) is 7.48. The molecule has 1 aromatic heterocycles. The van der Waals surface area contributed by atoms with Gasteiger partial charge in [0.2, 0.25) is 0 Å². The maximum absolute atomic E-state index is 12.7. The first-order chi connectivity index (χ1) is 12.0. The van der Waals surface area contributed by atoms with Crippen LogP contribution in [0.15, 0.2) is 47.0 Å². The number of rotatable bonds is 4. The Hall–Kier alpha value is -2.01. The minimum atomic E-state index is -0.320. The number of aromatic nitrogens is 1. The Balaban J connectivity index is 1.88. The Morgan fingerprint density at radius 2 is 1.72 bits per heavy atom. The van der Waals surface area contributed by atoms with Gasteiger partial charge in [0, 0.05) is 17.1 Å². The van der Waals surface area contributed by atoms with Crippen molar-refractivity contribution < 1.29 is 9.32 Å². The van der Waals surface area contributed by atoms with Crippen LogP contribution in [0.1, 0.15) is 21.7 Å². The van der Waals surface area contributed by atoms with Gasteiger partial charge in [-0.25, -0.2) is 0 Å². The summed E-state index contributed by atoms with van der Waals surface area (Å²) in [5.74, 6) is 0.0688. The number of halogens is 3. The highest BCUT2D eigenvalue weighted by atomic mass is 35.5. The maximum Gasteiger partial charge on any atom is 0.257 e. The molecule has 0 aliphatic heterocycles. The molecule has 7 heteroatoms. The van der Waals surface area contributed by atoms with Crippen LogP contribution in [0.3, 0.4) is 0 Å². The van der Waals surface area contributed by atoms with Crippen LogP contribution in [-0.2, 0) is 6.54 Å². The highest BCUT2D eigenvalue weighted by Crippen LogP contribution is 2.36. The molecule has 0 atom stereocenters. The average molecular weight is 396 g/mol. The van der Waals surface area contributed by atoms with Gasteiger partial charge < -0.3 is 9.84 Å². The summed E-state index contributed by atoms with van der Waals surface area (Å²) in [4.78, 5) is 12.7. The van der Waals surface area contributed by atoms with Gasteiger partial charge in [0.1, 0.15) is 17.0 Å². The van der Waals surface area contributed by atoms with Gasteiger partial charge in [-0.1, -0.05) is 58.2 Å². The summed E-state index contributed by atoms with van der Waals surface area (Å²) < 4.78 is 5.20. The van der Waals surface area contributed by atoms with Gasteiger partial charge in [-0.3, -0.25) is 4.79 Å². The largest absolute Gasteiger partial charge is 0.360 e. The van der Waals surface area contributed by atoms with Gasteiger partial charge in [-0.15, -0.1) is 0 Å². The van der Waals surface area contributed by atoms with Gasteiger partial charge >= 0.3 is 0 Å². The summed E-state index contributed by atoms with van der Waals surface area (Å²) in [7, 11) is 0. The first-order valence-corrected chi connectivity index (χ1v) is 8.54. The number of carbonyl (C=O) groups is 1. The molecular formula is C18H13Cl3N2O2. The summed E-state index contributed by atoms with van der Waals surface area (Å²) >= 11 is 18.3. The molecule has 1 amide bonds. The van der Waals surface area contributed by atoms with Crippen LogP contribution in [0.25, 0.3) is 11.3 Å². The lowest BCUT2D eigenvalue weighted by molar-refractivity contribution is 0.0950. The van der Waals surface area contributed by atoms with E-state index in [1.54, 1.807) is 37.3 Å². The third-order valence-electron chi connectivity index (χ3n) is 3.66. The molecule has 25 heavy (non-hydrogen) atoms. The summed E-state index contributed by atoms with van der Waals surface area (Å²) in [5.41, 5.74) is 2.02. The molecule has 0 bridgehead atoms. The molecule has 0 spiro atoms. The van der Waals surface area contributed by atoms with Crippen molar-refractivity contribution in [1.82, 2.24) is 10.5 Å². The molecule has 0 aliphatic carbocycles. The average Bonchev–Trinajstić information content (AvgIpc) is 2.95. The number of amides is 1. The molecule has 128 valence electrons. The zero-order chi connectivity index (χ0) is 18.0. The number of carbonyl (C=O) groups excluding carboxylic acids is 1. The third-order valence-corrected chi connectivity index (χ3v) is 4.54. The van der Waals surface area contributed by atoms with Gasteiger partial charge in [0.25, 0.3) is 5.91 Å². The third kappa shape index (κ3) is 3.82. The summed E-state index contributed by atoms with van der Waals surface area (Å²) in [5, 5.41) is 8.25. The molecule has 0 aliphatic rings. The molecule has 3 aromatic rings. The molecule has 0 radical (unpaired) electrons. The topological polar surface area (TPSA) is 55.1 Å². The molecule has 0 saturated carbocycles. The monoisotopic (exact) mass is 394 g/mol. The van der Waals surface area contributed by atoms with Crippen molar-refractivity contribution in [3.05, 3.63) is 74.4 Å². The Labute approximate surface area is 159 Å². The SMILES string of the molecule is Cc1onc(-c2c(Cl)cccc2Cl)c1C(=O)NCc1ccc(Cl)cc1. The Morgan fingerprint density at radius 3 is 2.36 bits per heavy atom. The van der Waals surface area contributed by atoms with E-state index in [4.69, 9.17) is 39.3 Å². The highest BCUT2D eigenvalue weighted by molar-refractivity contribution is 6.39. The Morgan fingerprint density at radius 1 is 1.08 bits per heavy atom. The lowest BCUT2D eigenvalue weighted by atomic mass is 10.1. The summed E-state index contributed by atoms with van der Waals surface area (Å²) in [6.45, 7) is 2.01. The highest BCUT2D eigenvalue weighted by Gasteiger charge is 2.24. The van der Waals surface area contributed by atoms with E-state index in [-0.39, 0.29) is 5.91 Å². The quantitative estimate of drug-likeness (QED) is 0.631. The molecular weight excluding hydrogens is 383 g/mol. The van der Waals surface area contributed by atoms with Crippen LogP contribution in [0.5, 0.6) is 0 Å². The van der Waals surface area contributed by atoms with Crippen LogP contribution in [0.4, 0.5) is 0 Å². The number of hydrogen-bond donors (Lipinski definition) is 1. The normalized spacial score (nSPS) is 10.7. The van der Waals surface area contributed by atoms with E-state index < -0.39 is 0 Å². The smallest absolute Gasteiger partial charge is 0.257 e. The molecule has 2 aromatic carbocycles. The molecule has 4 nitrogen and oxygen atoms in total. The molecule has 3 rings (SSSR count). The molecule has 1 heterocycles. The predicted octanol–water partition coefficient (Wildman–Crippen LogP) is 5.54. The van der Waals surface area contributed by atoms with Crippen molar-refractivity contribution in [3.63, 3.8) is 0 Å². The fourth-order valence-corrected chi connectivity index (χ4v) is 3.11. The van der Waals surface area contributed by atoms with E-state index in [2.05, 4.69) is 10.5 Å². The van der Waals surface area contributed by atoms with E-state index in [0.717, 1.165) is 5.56 Å².